The number of hydrogen-bond acceptors (Lipinski definition) is 2. The van der Waals surface area contributed by atoms with Gasteiger partial charge in [-0.1, -0.05) is 17.6 Å². The standard InChI is InChI=1S/C10H9BF3NO/c1-15-4-8-6(5-16)2-7(11)3-9(8)10(12,13)14/h2-3,5,15H,4H2,1H3. The van der Waals surface area contributed by atoms with E-state index < -0.39 is 11.7 Å². The van der Waals surface area contributed by atoms with E-state index >= 15 is 0 Å². The van der Waals surface area contributed by atoms with Crippen molar-refractivity contribution in [1.29, 1.82) is 0 Å². The molecule has 0 aromatic heterocycles. The highest BCUT2D eigenvalue weighted by molar-refractivity contribution is 6.32. The molecule has 0 heterocycles. The smallest absolute Gasteiger partial charge is 0.316 e. The highest BCUT2D eigenvalue weighted by atomic mass is 19.4. The Morgan fingerprint density at radius 3 is 2.50 bits per heavy atom. The van der Waals surface area contributed by atoms with Crippen LogP contribution in [0.1, 0.15) is 21.5 Å². The molecule has 1 aromatic carbocycles. The van der Waals surface area contributed by atoms with Gasteiger partial charge in [0.2, 0.25) is 0 Å². The van der Waals surface area contributed by atoms with Crippen molar-refractivity contribution < 1.29 is 18.0 Å². The number of aldehydes is 1. The molecular formula is C10H9BF3NO. The maximum absolute atomic E-state index is 12.7. The fourth-order valence-electron chi connectivity index (χ4n) is 1.45. The van der Waals surface area contributed by atoms with Gasteiger partial charge in [0.1, 0.15) is 14.1 Å². The molecule has 0 atom stereocenters. The second-order valence-electron chi connectivity index (χ2n) is 3.28. The summed E-state index contributed by atoms with van der Waals surface area (Å²) in [6.07, 6.45) is -4.14. The quantitative estimate of drug-likeness (QED) is 0.617. The van der Waals surface area contributed by atoms with Crippen molar-refractivity contribution in [3.8, 4) is 0 Å². The maximum Gasteiger partial charge on any atom is 0.416 e. The number of nitrogens with one attached hydrogen (secondary N) is 1. The van der Waals surface area contributed by atoms with E-state index in [9.17, 15) is 18.0 Å². The Bertz CT molecular complexity index is 404. The van der Waals surface area contributed by atoms with Gasteiger partial charge >= 0.3 is 6.18 Å². The lowest BCUT2D eigenvalue weighted by molar-refractivity contribution is -0.138. The van der Waals surface area contributed by atoms with Gasteiger partial charge in [-0.3, -0.25) is 4.79 Å². The van der Waals surface area contributed by atoms with Crippen LogP contribution >= 0.6 is 0 Å². The van der Waals surface area contributed by atoms with Crippen LogP contribution < -0.4 is 10.8 Å². The molecule has 1 N–H and O–H groups in total. The molecule has 1 rings (SSSR count). The monoisotopic (exact) mass is 227 g/mol. The topological polar surface area (TPSA) is 29.1 Å². The summed E-state index contributed by atoms with van der Waals surface area (Å²) in [4.78, 5) is 10.7. The van der Waals surface area contributed by atoms with E-state index in [0.29, 0.717) is 6.29 Å². The van der Waals surface area contributed by atoms with Gasteiger partial charge in [-0.15, -0.1) is 0 Å². The van der Waals surface area contributed by atoms with Crippen molar-refractivity contribution in [3.63, 3.8) is 0 Å². The average Bonchev–Trinajstić information content (AvgIpc) is 2.18. The Labute approximate surface area is 92.3 Å². The van der Waals surface area contributed by atoms with E-state index in [4.69, 9.17) is 7.85 Å². The van der Waals surface area contributed by atoms with Gasteiger partial charge in [0.25, 0.3) is 0 Å². The molecule has 0 saturated carbocycles. The summed E-state index contributed by atoms with van der Waals surface area (Å²) in [5.74, 6) is 0. The molecule has 16 heavy (non-hydrogen) atoms. The molecule has 2 radical (unpaired) electrons. The lowest BCUT2D eigenvalue weighted by Crippen LogP contribution is -2.20. The zero-order valence-electron chi connectivity index (χ0n) is 8.56. The molecule has 0 aliphatic heterocycles. The number of hydrogen-bond donors (Lipinski definition) is 1. The summed E-state index contributed by atoms with van der Waals surface area (Å²) >= 11 is 0. The van der Waals surface area contributed by atoms with Crippen molar-refractivity contribution >= 4 is 19.6 Å². The second-order valence-corrected chi connectivity index (χ2v) is 3.28. The number of carbonyl (C=O) groups excluding carboxylic acids is 1. The Morgan fingerprint density at radius 2 is 2.06 bits per heavy atom. The van der Waals surface area contributed by atoms with E-state index in [-0.39, 0.29) is 23.1 Å². The van der Waals surface area contributed by atoms with Crippen LogP contribution in [-0.2, 0) is 12.7 Å². The zero-order chi connectivity index (χ0) is 12.3. The third-order valence-corrected chi connectivity index (χ3v) is 2.09. The van der Waals surface area contributed by atoms with E-state index in [1.807, 2.05) is 0 Å². The van der Waals surface area contributed by atoms with Gasteiger partial charge < -0.3 is 5.32 Å². The molecule has 6 heteroatoms. The Morgan fingerprint density at radius 1 is 1.44 bits per heavy atom. The van der Waals surface area contributed by atoms with Gasteiger partial charge in [-0.2, -0.15) is 13.2 Å². The summed E-state index contributed by atoms with van der Waals surface area (Å²) in [5.41, 5.74) is -1.07. The molecular weight excluding hydrogens is 218 g/mol. The first kappa shape index (κ1) is 12.8. The number of benzene rings is 1. The van der Waals surface area contributed by atoms with Crippen molar-refractivity contribution in [3.05, 3.63) is 28.8 Å². The third-order valence-electron chi connectivity index (χ3n) is 2.09. The lowest BCUT2D eigenvalue weighted by atomic mass is 9.88. The van der Waals surface area contributed by atoms with Crippen LogP contribution in [0.25, 0.3) is 0 Å². The van der Waals surface area contributed by atoms with Crippen molar-refractivity contribution in [1.82, 2.24) is 5.32 Å². The Balaban J connectivity index is 3.44. The zero-order valence-corrected chi connectivity index (χ0v) is 8.56. The van der Waals surface area contributed by atoms with E-state index in [1.54, 1.807) is 0 Å². The molecule has 0 amide bonds. The van der Waals surface area contributed by atoms with E-state index in [2.05, 4.69) is 5.32 Å². The van der Waals surface area contributed by atoms with E-state index in [1.165, 1.54) is 13.1 Å². The van der Waals surface area contributed by atoms with Crippen LogP contribution in [0.4, 0.5) is 13.2 Å². The average molecular weight is 227 g/mol. The number of carbonyl (C=O) groups is 1. The minimum absolute atomic E-state index is 0.0385. The molecule has 2 nitrogen and oxygen atoms in total. The largest absolute Gasteiger partial charge is 0.416 e. The predicted molar refractivity (Wildman–Crippen MR) is 55.0 cm³/mol. The molecule has 1 aromatic rings. The lowest BCUT2D eigenvalue weighted by Gasteiger charge is -2.15. The minimum Gasteiger partial charge on any atom is -0.316 e. The second kappa shape index (κ2) is 4.70. The third kappa shape index (κ3) is 2.63. The molecule has 84 valence electrons. The predicted octanol–water partition coefficient (Wildman–Crippen LogP) is 1.03. The first-order chi connectivity index (χ1) is 7.40. The summed E-state index contributed by atoms with van der Waals surface area (Å²) in [5, 5.41) is 2.59. The number of alkyl halides is 3. The summed E-state index contributed by atoms with van der Waals surface area (Å²) in [7, 11) is 6.82. The van der Waals surface area contributed by atoms with Crippen LogP contribution in [-0.4, -0.2) is 21.2 Å². The van der Waals surface area contributed by atoms with Gasteiger partial charge in [-0.05, 0) is 12.6 Å². The van der Waals surface area contributed by atoms with Gasteiger partial charge in [0, 0.05) is 12.1 Å². The molecule has 0 aliphatic rings. The van der Waals surface area contributed by atoms with Crippen LogP contribution in [0.5, 0.6) is 0 Å². The van der Waals surface area contributed by atoms with Crippen molar-refractivity contribution in [2.24, 2.45) is 0 Å². The SMILES string of the molecule is [B]c1cc(C=O)c(CNC)c(C(F)(F)F)c1. The normalized spacial score (nSPS) is 11.5. The minimum atomic E-state index is -4.51. The highest BCUT2D eigenvalue weighted by Crippen LogP contribution is 2.32. The summed E-state index contributed by atoms with van der Waals surface area (Å²) < 4.78 is 38.0. The highest BCUT2D eigenvalue weighted by Gasteiger charge is 2.34. The van der Waals surface area contributed by atoms with Gasteiger partial charge in [0.05, 0.1) is 5.56 Å². The van der Waals surface area contributed by atoms with Gasteiger partial charge in [-0.25, -0.2) is 0 Å². The Kier molecular flexibility index (Phi) is 3.75. The maximum atomic E-state index is 12.7. The van der Waals surface area contributed by atoms with Crippen LogP contribution in [0, 0.1) is 0 Å². The number of rotatable bonds is 3. The Hall–Kier alpha value is -1.30. The summed E-state index contributed by atoms with van der Waals surface area (Å²) in [6, 6.07) is 2.06. The van der Waals surface area contributed by atoms with Crippen molar-refractivity contribution in [2.75, 3.05) is 7.05 Å². The molecule has 0 bridgehead atoms. The van der Waals surface area contributed by atoms with Crippen molar-refractivity contribution in [2.45, 2.75) is 12.7 Å². The van der Waals surface area contributed by atoms with E-state index in [0.717, 1.165) is 6.07 Å². The molecule has 0 aliphatic carbocycles. The molecule has 0 saturated heterocycles. The van der Waals surface area contributed by atoms with Crippen LogP contribution in [0.15, 0.2) is 12.1 Å². The first-order valence-corrected chi connectivity index (χ1v) is 4.49. The molecule has 0 fully saturated rings. The molecule has 0 unspecified atom stereocenters. The fraction of sp³-hybridized carbons (Fsp3) is 0.300. The molecule has 0 spiro atoms. The van der Waals surface area contributed by atoms with Crippen LogP contribution in [0.3, 0.4) is 0 Å². The first-order valence-electron chi connectivity index (χ1n) is 4.49. The summed E-state index contributed by atoms with van der Waals surface area (Å²) in [6.45, 7) is -0.0385. The van der Waals surface area contributed by atoms with Gasteiger partial charge in [0.15, 0.2) is 0 Å². The van der Waals surface area contributed by atoms with Crippen LogP contribution in [0.2, 0.25) is 0 Å². The number of halogens is 3. The fourth-order valence-corrected chi connectivity index (χ4v) is 1.45.